The van der Waals surface area contributed by atoms with Crippen LogP contribution in [0.2, 0.25) is 0 Å². The molecule has 1 amide bonds. The van der Waals surface area contributed by atoms with Crippen molar-refractivity contribution in [3.05, 3.63) is 89.2 Å². The van der Waals surface area contributed by atoms with Gasteiger partial charge < -0.3 is 19.4 Å². The smallest absolute Gasteiger partial charge is 0.251 e. The molecule has 0 unspecified atom stereocenters. The molecule has 32 heavy (non-hydrogen) atoms. The highest BCUT2D eigenvalue weighted by Crippen LogP contribution is 2.27. The number of methoxy groups -OCH3 is 2. The average molecular weight is 430 g/mol. The summed E-state index contributed by atoms with van der Waals surface area (Å²) in [6.07, 6.45) is 0.625. The minimum atomic E-state index is -0.160. The van der Waals surface area contributed by atoms with Crippen molar-refractivity contribution >= 4 is 16.9 Å². The van der Waals surface area contributed by atoms with Crippen molar-refractivity contribution < 1.29 is 14.3 Å². The fourth-order valence-corrected chi connectivity index (χ4v) is 3.82. The Hall–Kier alpha value is -3.80. The SMILES string of the molecule is COc1ccc(C(=O)NCCc2nc3ccccc3n2Cc2ccccc2C)cc1OC. The van der Waals surface area contributed by atoms with Gasteiger partial charge in [-0.1, -0.05) is 36.4 Å². The molecule has 0 aliphatic carbocycles. The maximum atomic E-state index is 12.7. The van der Waals surface area contributed by atoms with Crippen LogP contribution in [-0.2, 0) is 13.0 Å². The number of ether oxygens (including phenoxy) is 2. The number of imidazole rings is 1. The molecule has 0 aliphatic rings. The predicted molar refractivity (Wildman–Crippen MR) is 126 cm³/mol. The van der Waals surface area contributed by atoms with E-state index >= 15 is 0 Å². The molecule has 0 saturated carbocycles. The van der Waals surface area contributed by atoms with E-state index in [1.807, 2.05) is 18.2 Å². The summed E-state index contributed by atoms with van der Waals surface area (Å²) >= 11 is 0. The lowest BCUT2D eigenvalue weighted by atomic mass is 10.1. The second-order valence-electron chi connectivity index (χ2n) is 7.61. The Kier molecular flexibility index (Phi) is 6.40. The molecule has 4 rings (SSSR count). The lowest BCUT2D eigenvalue weighted by Crippen LogP contribution is -2.26. The Balaban J connectivity index is 1.51. The summed E-state index contributed by atoms with van der Waals surface area (Å²) < 4.78 is 12.8. The van der Waals surface area contributed by atoms with E-state index in [0.717, 1.165) is 23.4 Å². The van der Waals surface area contributed by atoms with E-state index in [2.05, 4.69) is 47.1 Å². The van der Waals surface area contributed by atoms with E-state index in [0.29, 0.717) is 30.0 Å². The fraction of sp³-hybridized carbons (Fsp3) is 0.231. The molecular formula is C26H27N3O3. The van der Waals surface area contributed by atoms with Gasteiger partial charge in [0.1, 0.15) is 5.82 Å². The second-order valence-corrected chi connectivity index (χ2v) is 7.61. The highest BCUT2D eigenvalue weighted by molar-refractivity contribution is 5.94. The molecule has 0 spiro atoms. The number of aryl methyl sites for hydroxylation is 1. The van der Waals surface area contributed by atoms with Crippen LogP contribution in [-0.4, -0.2) is 36.2 Å². The predicted octanol–water partition coefficient (Wildman–Crippen LogP) is 4.38. The van der Waals surface area contributed by atoms with Gasteiger partial charge in [-0.15, -0.1) is 0 Å². The molecule has 0 aliphatic heterocycles. The number of benzene rings is 3. The number of rotatable bonds is 8. The third kappa shape index (κ3) is 4.44. The average Bonchev–Trinajstić information content (AvgIpc) is 3.17. The number of para-hydroxylation sites is 2. The Morgan fingerprint density at radius 2 is 1.72 bits per heavy atom. The van der Waals surface area contributed by atoms with Crippen molar-refractivity contribution in [2.75, 3.05) is 20.8 Å². The van der Waals surface area contributed by atoms with Gasteiger partial charge in [-0.3, -0.25) is 4.79 Å². The quantitative estimate of drug-likeness (QED) is 0.451. The number of aromatic nitrogens is 2. The van der Waals surface area contributed by atoms with Crippen LogP contribution in [0.1, 0.15) is 27.3 Å². The van der Waals surface area contributed by atoms with Gasteiger partial charge in [0, 0.05) is 25.1 Å². The zero-order chi connectivity index (χ0) is 22.5. The van der Waals surface area contributed by atoms with E-state index in [9.17, 15) is 4.79 Å². The molecule has 1 N–H and O–H groups in total. The van der Waals surface area contributed by atoms with Gasteiger partial charge in [0.05, 0.1) is 25.3 Å². The standard InChI is InChI=1S/C26H27N3O3/c1-18-8-4-5-9-20(18)17-29-22-11-7-6-10-21(22)28-25(29)14-15-27-26(30)19-12-13-23(31-2)24(16-19)32-3/h4-13,16H,14-15,17H2,1-3H3,(H,27,30). The van der Waals surface area contributed by atoms with Crippen LogP contribution in [0, 0.1) is 6.92 Å². The Morgan fingerprint density at radius 3 is 2.50 bits per heavy atom. The molecule has 0 saturated heterocycles. The Bertz CT molecular complexity index is 1250. The van der Waals surface area contributed by atoms with Crippen molar-refractivity contribution in [3.8, 4) is 11.5 Å². The van der Waals surface area contributed by atoms with Crippen LogP contribution in [0.25, 0.3) is 11.0 Å². The molecule has 0 bridgehead atoms. The van der Waals surface area contributed by atoms with E-state index in [1.54, 1.807) is 32.4 Å². The lowest BCUT2D eigenvalue weighted by Gasteiger charge is -2.12. The molecule has 0 radical (unpaired) electrons. The van der Waals surface area contributed by atoms with Gasteiger partial charge in [0.15, 0.2) is 11.5 Å². The molecule has 0 atom stereocenters. The molecule has 0 fully saturated rings. The number of amides is 1. The minimum Gasteiger partial charge on any atom is -0.493 e. The molecule has 164 valence electrons. The van der Waals surface area contributed by atoms with Gasteiger partial charge in [-0.2, -0.15) is 0 Å². The van der Waals surface area contributed by atoms with Crippen LogP contribution in [0.15, 0.2) is 66.7 Å². The first-order chi connectivity index (χ1) is 15.6. The lowest BCUT2D eigenvalue weighted by molar-refractivity contribution is 0.0953. The van der Waals surface area contributed by atoms with Crippen molar-refractivity contribution in [3.63, 3.8) is 0 Å². The first-order valence-electron chi connectivity index (χ1n) is 10.6. The van der Waals surface area contributed by atoms with Crippen molar-refractivity contribution in [1.29, 1.82) is 0 Å². The summed E-state index contributed by atoms with van der Waals surface area (Å²) in [7, 11) is 3.12. The minimum absolute atomic E-state index is 0.160. The van der Waals surface area contributed by atoms with Gasteiger partial charge in [-0.25, -0.2) is 4.98 Å². The number of nitrogens with one attached hydrogen (secondary N) is 1. The number of carbonyl (C=O) groups excluding carboxylic acids is 1. The fourth-order valence-electron chi connectivity index (χ4n) is 3.82. The third-order valence-electron chi connectivity index (χ3n) is 5.60. The summed E-state index contributed by atoms with van der Waals surface area (Å²) in [6.45, 7) is 3.34. The summed E-state index contributed by atoms with van der Waals surface area (Å²) in [5.74, 6) is 1.91. The number of hydrogen-bond donors (Lipinski definition) is 1. The summed E-state index contributed by atoms with van der Waals surface area (Å²) in [5.41, 5.74) is 5.08. The van der Waals surface area contributed by atoms with Crippen LogP contribution >= 0.6 is 0 Å². The Morgan fingerprint density at radius 1 is 0.969 bits per heavy atom. The largest absolute Gasteiger partial charge is 0.493 e. The van der Waals surface area contributed by atoms with Crippen LogP contribution in [0.3, 0.4) is 0 Å². The highest BCUT2D eigenvalue weighted by atomic mass is 16.5. The van der Waals surface area contributed by atoms with E-state index in [-0.39, 0.29) is 5.91 Å². The summed E-state index contributed by atoms with van der Waals surface area (Å²) in [6, 6.07) is 21.7. The Labute approximate surface area is 187 Å². The molecule has 4 aromatic rings. The number of fused-ring (bicyclic) bond motifs is 1. The summed E-state index contributed by atoms with van der Waals surface area (Å²) in [5, 5.41) is 2.99. The second kappa shape index (κ2) is 9.56. The first kappa shape index (κ1) is 21.4. The first-order valence-corrected chi connectivity index (χ1v) is 10.6. The molecule has 6 heteroatoms. The number of carbonyl (C=O) groups is 1. The van der Waals surface area contributed by atoms with Crippen molar-refractivity contribution in [2.45, 2.75) is 19.9 Å². The topological polar surface area (TPSA) is 65.4 Å². The molecular weight excluding hydrogens is 402 g/mol. The highest BCUT2D eigenvalue weighted by Gasteiger charge is 2.14. The van der Waals surface area contributed by atoms with E-state index in [4.69, 9.17) is 14.5 Å². The van der Waals surface area contributed by atoms with Gasteiger partial charge in [0.25, 0.3) is 5.91 Å². The maximum absolute atomic E-state index is 12.7. The van der Waals surface area contributed by atoms with Crippen LogP contribution < -0.4 is 14.8 Å². The van der Waals surface area contributed by atoms with E-state index in [1.165, 1.54) is 11.1 Å². The molecule has 1 aromatic heterocycles. The van der Waals surface area contributed by atoms with Gasteiger partial charge in [-0.05, 0) is 48.4 Å². The normalized spacial score (nSPS) is 10.8. The van der Waals surface area contributed by atoms with Crippen LogP contribution in [0.4, 0.5) is 0 Å². The van der Waals surface area contributed by atoms with E-state index < -0.39 is 0 Å². The zero-order valence-electron chi connectivity index (χ0n) is 18.6. The van der Waals surface area contributed by atoms with Crippen molar-refractivity contribution in [2.24, 2.45) is 0 Å². The maximum Gasteiger partial charge on any atom is 0.251 e. The number of hydrogen-bond acceptors (Lipinski definition) is 4. The summed E-state index contributed by atoms with van der Waals surface area (Å²) in [4.78, 5) is 17.5. The van der Waals surface area contributed by atoms with Crippen LogP contribution in [0.5, 0.6) is 11.5 Å². The molecule has 3 aromatic carbocycles. The van der Waals surface area contributed by atoms with Gasteiger partial charge >= 0.3 is 0 Å². The number of nitrogens with zero attached hydrogens (tertiary/aromatic N) is 2. The zero-order valence-corrected chi connectivity index (χ0v) is 18.6. The van der Waals surface area contributed by atoms with Gasteiger partial charge in [0.2, 0.25) is 0 Å². The molecule has 6 nitrogen and oxygen atoms in total. The molecule has 1 heterocycles. The van der Waals surface area contributed by atoms with Crippen molar-refractivity contribution in [1.82, 2.24) is 14.9 Å². The monoisotopic (exact) mass is 429 g/mol. The third-order valence-corrected chi connectivity index (χ3v) is 5.60.